The van der Waals surface area contributed by atoms with Crippen LogP contribution < -0.4 is 5.73 Å². The number of hydrogen-bond acceptors (Lipinski definition) is 2. The van der Waals surface area contributed by atoms with Crippen LogP contribution in [0.4, 0.5) is 13.2 Å². The van der Waals surface area contributed by atoms with Crippen LogP contribution in [0.5, 0.6) is 0 Å². The van der Waals surface area contributed by atoms with E-state index < -0.39 is 17.1 Å². The summed E-state index contributed by atoms with van der Waals surface area (Å²) in [6.07, 6.45) is 2.77. The topological polar surface area (TPSA) is 29.3 Å². The highest BCUT2D eigenvalue weighted by molar-refractivity contribution is 7.80. The van der Waals surface area contributed by atoms with E-state index >= 15 is 0 Å². The maximum atomic E-state index is 12.8. The SMILES string of the molecule is NC(=S)C(CN1CCC2(CCCC2)CC1)C(F)(F)F. The summed E-state index contributed by atoms with van der Waals surface area (Å²) in [6, 6.07) is 0. The van der Waals surface area contributed by atoms with Gasteiger partial charge in [0.15, 0.2) is 0 Å². The van der Waals surface area contributed by atoms with Crippen molar-refractivity contribution in [2.24, 2.45) is 17.1 Å². The van der Waals surface area contributed by atoms with Gasteiger partial charge in [-0.25, -0.2) is 0 Å². The molecule has 0 bridgehead atoms. The lowest BCUT2D eigenvalue weighted by Gasteiger charge is -2.40. The van der Waals surface area contributed by atoms with Gasteiger partial charge in [0, 0.05) is 6.54 Å². The van der Waals surface area contributed by atoms with Gasteiger partial charge in [0.25, 0.3) is 0 Å². The van der Waals surface area contributed by atoms with E-state index in [1.165, 1.54) is 25.7 Å². The Balaban J connectivity index is 1.89. The van der Waals surface area contributed by atoms with Gasteiger partial charge in [-0.1, -0.05) is 25.1 Å². The Morgan fingerprint density at radius 3 is 2.11 bits per heavy atom. The molecule has 0 aromatic rings. The summed E-state index contributed by atoms with van der Waals surface area (Å²) in [5.74, 6) is -1.67. The van der Waals surface area contributed by atoms with E-state index in [0.29, 0.717) is 5.41 Å². The summed E-state index contributed by atoms with van der Waals surface area (Å²) >= 11 is 4.57. The predicted molar refractivity (Wildman–Crippen MR) is 72.9 cm³/mol. The van der Waals surface area contributed by atoms with Crippen LogP contribution in [-0.2, 0) is 0 Å². The van der Waals surface area contributed by atoms with Crippen LogP contribution in [0, 0.1) is 11.3 Å². The number of likely N-dealkylation sites (tertiary alicyclic amines) is 1. The van der Waals surface area contributed by atoms with Crippen LogP contribution in [-0.4, -0.2) is 35.7 Å². The molecule has 0 aromatic heterocycles. The molecule has 2 aliphatic rings. The Hall–Kier alpha value is -0.360. The zero-order valence-corrected chi connectivity index (χ0v) is 11.8. The predicted octanol–water partition coefficient (Wildman–Crippen LogP) is 3.11. The molecule has 0 amide bonds. The van der Waals surface area contributed by atoms with E-state index in [2.05, 4.69) is 12.2 Å². The fourth-order valence-corrected chi connectivity index (χ4v) is 3.66. The molecule has 1 atom stereocenters. The summed E-state index contributed by atoms with van der Waals surface area (Å²) in [5, 5.41) is 0. The van der Waals surface area contributed by atoms with Crippen molar-refractivity contribution in [3.05, 3.63) is 0 Å². The van der Waals surface area contributed by atoms with E-state index in [9.17, 15) is 13.2 Å². The third kappa shape index (κ3) is 3.60. The Morgan fingerprint density at radius 1 is 1.16 bits per heavy atom. The van der Waals surface area contributed by atoms with Crippen molar-refractivity contribution in [1.29, 1.82) is 0 Å². The first-order valence-electron chi connectivity index (χ1n) is 6.91. The Kier molecular flexibility index (Phi) is 4.40. The Morgan fingerprint density at radius 2 is 1.68 bits per heavy atom. The van der Waals surface area contributed by atoms with Crippen molar-refractivity contribution < 1.29 is 13.2 Å². The summed E-state index contributed by atoms with van der Waals surface area (Å²) in [5.41, 5.74) is 5.66. The highest BCUT2D eigenvalue weighted by Gasteiger charge is 2.44. The maximum Gasteiger partial charge on any atom is 0.399 e. The van der Waals surface area contributed by atoms with Gasteiger partial charge in [0.1, 0.15) is 5.92 Å². The minimum Gasteiger partial charge on any atom is -0.393 e. The van der Waals surface area contributed by atoms with Crippen LogP contribution in [0.15, 0.2) is 0 Å². The molecular formula is C13H21F3N2S. The van der Waals surface area contributed by atoms with Crippen LogP contribution in [0.3, 0.4) is 0 Å². The summed E-state index contributed by atoms with van der Waals surface area (Å²) < 4.78 is 38.5. The average molecular weight is 294 g/mol. The first-order chi connectivity index (χ1) is 8.82. The highest BCUT2D eigenvalue weighted by atomic mass is 32.1. The van der Waals surface area contributed by atoms with E-state index in [0.717, 1.165) is 25.9 Å². The van der Waals surface area contributed by atoms with Gasteiger partial charge >= 0.3 is 6.18 Å². The molecule has 19 heavy (non-hydrogen) atoms. The van der Waals surface area contributed by atoms with Crippen LogP contribution in [0.2, 0.25) is 0 Å². The molecule has 1 aliphatic carbocycles. The van der Waals surface area contributed by atoms with Crippen molar-refractivity contribution >= 4 is 17.2 Å². The molecular weight excluding hydrogens is 273 g/mol. The van der Waals surface area contributed by atoms with Gasteiger partial charge < -0.3 is 10.6 Å². The van der Waals surface area contributed by atoms with Crippen LogP contribution >= 0.6 is 12.2 Å². The highest BCUT2D eigenvalue weighted by Crippen LogP contribution is 2.46. The minimum atomic E-state index is -4.33. The molecule has 1 heterocycles. The summed E-state index contributed by atoms with van der Waals surface area (Å²) in [7, 11) is 0. The first kappa shape index (κ1) is 15.0. The third-order valence-electron chi connectivity index (χ3n) is 4.76. The van der Waals surface area contributed by atoms with E-state index in [4.69, 9.17) is 5.73 Å². The number of halogens is 3. The van der Waals surface area contributed by atoms with Gasteiger partial charge in [-0.2, -0.15) is 13.2 Å². The molecule has 1 unspecified atom stereocenters. The number of piperidine rings is 1. The lowest BCUT2D eigenvalue weighted by Crippen LogP contribution is -2.47. The molecule has 2 N–H and O–H groups in total. The lowest BCUT2D eigenvalue weighted by molar-refractivity contribution is -0.160. The monoisotopic (exact) mass is 294 g/mol. The number of rotatable bonds is 3. The van der Waals surface area contributed by atoms with Gasteiger partial charge in [-0.3, -0.25) is 0 Å². The van der Waals surface area contributed by atoms with Crippen molar-refractivity contribution in [3.8, 4) is 0 Å². The van der Waals surface area contributed by atoms with Crippen molar-refractivity contribution in [3.63, 3.8) is 0 Å². The van der Waals surface area contributed by atoms with E-state index in [1.807, 2.05) is 4.90 Å². The third-order valence-corrected chi connectivity index (χ3v) is 5.04. The van der Waals surface area contributed by atoms with Crippen LogP contribution in [0.1, 0.15) is 38.5 Å². The first-order valence-corrected chi connectivity index (χ1v) is 7.32. The van der Waals surface area contributed by atoms with Crippen molar-refractivity contribution in [2.75, 3.05) is 19.6 Å². The largest absolute Gasteiger partial charge is 0.399 e. The molecule has 0 radical (unpaired) electrons. The molecule has 110 valence electrons. The lowest BCUT2D eigenvalue weighted by atomic mass is 9.77. The van der Waals surface area contributed by atoms with Gasteiger partial charge in [-0.05, 0) is 44.2 Å². The van der Waals surface area contributed by atoms with Gasteiger partial charge in [0.05, 0.1) is 4.99 Å². The normalized spacial score (nSPS) is 25.6. The maximum absolute atomic E-state index is 12.8. The minimum absolute atomic E-state index is 0.0745. The molecule has 2 nitrogen and oxygen atoms in total. The number of nitrogens with two attached hydrogens (primary N) is 1. The summed E-state index contributed by atoms with van der Waals surface area (Å²) in [4.78, 5) is 1.44. The molecule has 1 aliphatic heterocycles. The second-order valence-electron chi connectivity index (χ2n) is 6.00. The second kappa shape index (κ2) is 5.56. The zero-order valence-electron chi connectivity index (χ0n) is 11.0. The quantitative estimate of drug-likeness (QED) is 0.811. The summed E-state index contributed by atoms with van der Waals surface area (Å²) in [6.45, 7) is 1.42. The molecule has 1 saturated heterocycles. The molecule has 0 aromatic carbocycles. The molecule has 1 spiro atoms. The Bertz CT molecular complexity index is 327. The number of hydrogen-bond donors (Lipinski definition) is 1. The molecule has 2 fully saturated rings. The van der Waals surface area contributed by atoms with Gasteiger partial charge in [-0.15, -0.1) is 0 Å². The number of nitrogens with zero attached hydrogens (tertiary/aromatic N) is 1. The number of thiocarbonyl (C=S) groups is 1. The molecule has 1 saturated carbocycles. The zero-order chi connectivity index (χ0) is 14.1. The van der Waals surface area contributed by atoms with Crippen LogP contribution in [0.25, 0.3) is 0 Å². The molecule has 6 heteroatoms. The smallest absolute Gasteiger partial charge is 0.393 e. The number of alkyl halides is 3. The standard InChI is InChI=1S/C13H21F3N2S/c14-13(15,16)10(11(17)19)9-18-7-5-12(6-8-18)3-1-2-4-12/h10H,1-9H2,(H2,17,19). The van der Waals surface area contributed by atoms with E-state index in [-0.39, 0.29) is 6.54 Å². The van der Waals surface area contributed by atoms with Crippen molar-refractivity contribution in [2.45, 2.75) is 44.7 Å². The van der Waals surface area contributed by atoms with E-state index in [1.54, 1.807) is 0 Å². The molecule has 2 rings (SSSR count). The average Bonchev–Trinajstić information content (AvgIpc) is 2.75. The Labute approximate surface area is 117 Å². The fraction of sp³-hybridized carbons (Fsp3) is 0.923. The second-order valence-corrected chi connectivity index (χ2v) is 6.48. The van der Waals surface area contributed by atoms with Crippen molar-refractivity contribution in [1.82, 2.24) is 4.90 Å². The van der Waals surface area contributed by atoms with Gasteiger partial charge in [0.2, 0.25) is 0 Å². The fourth-order valence-electron chi connectivity index (χ4n) is 3.45.